The van der Waals surface area contributed by atoms with Gasteiger partial charge in [0, 0.05) is 35.9 Å². The van der Waals surface area contributed by atoms with Crippen LogP contribution in [-0.2, 0) is 19.1 Å². The topological polar surface area (TPSA) is 74.2 Å². The van der Waals surface area contributed by atoms with Crippen LogP contribution < -0.4 is 4.74 Å². The number of fused-ring (bicyclic) bond motifs is 1. The van der Waals surface area contributed by atoms with Gasteiger partial charge < -0.3 is 14.2 Å². The molecule has 6 nitrogen and oxygen atoms in total. The molecule has 1 aromatic rings. The summed E-state index contributed by atoms with van der Waals surface area (Å²) in [7, 11) is 0. The van der Waals surface area contributed by atoms with Crippen molar-refractivity contribution in [3.05, 3.63) is 41.1 Å². The van der Waals surface area contributed by atoms with E-state index >= 15 is 0 Å². The number of benzene rings is 1. The van der Waals surface area contributed by atoms with Gasteiger partial charge in [-0.2, -0.15) is 0 Å². The van der Waals surface area contributed by atoms with Crippen molar-refractivity contribution in [2.45, 2.75) is 66.2 Å². The third kappa shape index (κ3) is 5.91. The second-order valence-corrected chi connectivity index (χ2v) is 9.61. The monoisotopic (exact) mass is 455 g/mol. The summed E-state index contributed by atoms with van der Waals surface area (Å²) in [6, 6.07) is 7.73. The average Bonchev–Trinajstić information content (AvgIpc) is 2.75. The quantitative estimate of drug-likeness (QED) is 0.355. The SMILES string of the molecule is CCCCOc1ccccc1[C@H]1C(C(=O)OCCOCC)=C(C)N=C2CC(C)(C)CC(=O)C21. The van der Waals surface area contributed by atoms with Crippen LogP contribution in [0.15, 0.2) is 40.5 Å². The molecule has 180 valence electrons. The first-order valence-electron chi connectivity index (χ1n) is 12.1. The summed E-state index contributed by atoms with van der Waals surface area (Å²) in [5, 5.41) is 0. The first kappa shape index (κ1) is 25.2. The van der Waals surface area contributed by atoms with E-state index in [0.29, 0.717) is 43.3 Å². The maximum Gasteiger partial charge on any atom is 0.336 e. The molecule has 0 radical (unpaired) electrons. The number of para-hydroxylation sites is 1. The number of hydrogen-bond acceptors (Lipinski definition) is 6. The van der Waals surface area contributed by atoms with E-state index in [-0.39, 0.29) is 17.8 Å². The Hall–Kier alpha value is -2.47. The molecule has 1 fully saturated rings. The summed E-state index contributed by atoms with van der Waals surface area (Å²) < 4.78 is 17.0. The van der Waals surface area contributed by atoms with Crippen molar-refractivity contribution in [1.82, 2.24) is 0 Å². The van der Waals surface area contributed by atoms with Gasteiger partial charge in [-0.3, -0.25) is 9.79 Å². The largest absolute Gasteiger partial charge is 0.493 e. The number of ether oxygens (including phenoxy) is 3. The van der Waals surface area contributed by atoms with E-state index < -0.39 is 17.8 Å². The summed E-state index contributed by atoms with van der Waals surface area (Å²) in [5.41, 5.74) is 2.61. The van der Waals surface area contributed by atoms with Gasteiger partial charge >= 0.3 is 5.97 Å². The number of ketones is 1. The van der Waals surface area contributed by atoms with E-state index in [0.717, 1.165) is 30.5 Å². The summed E-state index contributed by atoms with van der Waals surface area (Å²) >= 11 is 0. The zero-order valence-corrected chi connectivity index (χ0v) is 20.6. The minimum Gasteiger partial charge on any atom is -0.493 e. The number of allylic oxidation sites excluding steroid dienone is 1. The van der Waals surface area contributed by atoms with Gasteiger partial charge in [-0.25, -0.2) is 4.79 Å². The Morgan fingerprint density at radius 1 is 1.09 bits per heavy atom. The average molecular weight is 456 g/mol. The Bertz CT molecular complexity index is 930. The molecule has 0 aromatic heterocycles. The van der Waals surface area contributed by atoms with Crippen LogP contribution in [0.4, 0.5) is 0 Å². The number of rotatable bonds is 10. The number of carbonyl (C=O) groups is 2. The molecule has 1 aliphatic heterocycles. The Kier molecular flexibility index (Phi) is 8.46. The lowest BCUT2D eigenvalue weighted by Crippen LogP contribution is -2.44. The van der Waals surface area contributed by atoms with Gasteiger partial charge in [0.05, 0.1) is 24.7 Å². The minimum atomic E-state index is -0.480. The second kappa shape index (κ2) is 11.1. The fraction of sp³-hybridized carbons (Fsp3) is 0.593. The van der Waals surface area contributed by atoms with Crippen molar-refractivity contribution in [1.29, 1.82) is 0 Å². The first-order chi connectivity index (χ1) is 15.8. The van der Waals surface area contributed by atoms with Gasteiger partial charge in [0.1, 0.15) is 18.1 Å². The molecule has 1 aromatic carbocycles. The van der Waals surface area contributed by atoms with Crippen molar-refractivity contribution in [3.8, 4) is 5.75 Å². The van der Waals surface area contributed by atoms with Gasteiger partial charge in [-0.1, -0.05) is 45.4 Å². The number of aliphatic imine (C=N–C) groups is 1. The molecule has 1 heterocycles. The Balaban J connectivity index is 2.04. The molecule has 3 rings (SSSR count). The van der Waals surface area contributed by atoms with Crippen molar-refractivity contribution in [2.75, 3.05) is 26.4 Å². The Labute approximate surface area is 197 Å². The molecular weight excluding hydrogens is 418 g/mol. The van der Waals surface area contributed by atoms with Crippen molar-refractivity contribution < 1.29 is 23.8 Å². The van der Waals surface area contributed by atoms with Gasteiger partial charge in [-0.15, -0.1) is 0 Å². The van der Waals surface area contributed by atoms with Crippen LogP contribution in [0.1, 0.15) is 71.8 Å². The van der Waals surface area contributed by atoms with E-state index in [1.165, 1.54) is 0 Å². The van der Waals surface area contributed by atoms with E-state index in [1.807, 2.05) is 38.1 Å². The molecule has 0 spiro atoms. The number of carbonyl (C=O) groups excluding carboxylic acids is 2. The zero-order chi connectivity index (χ0) is 24.0. The lowest BCUT2D eigenvalue weighted by Gasteiger charge is -2.41. The highest BCUT2D eigenvalue weighted by Gasteiger charge is 2.48. The highest BCUT2D eigenvalue weighted by molar-refractivity contribution is 6.12. The summed E-state index contributed by atoms with van der Waals surface area (Å²) in [4.78, 5) is 31.5. The van der Waals surface area contributed by atoms with Crippen molar-refractivity contribution in [3.63, 3.8) is 0 Å². The van der Waals surface area contributed by atoms with Crippen LogP contribution in [0.3, 0.4) is 0 Å². The van der Waals surface area contributed by atoms with Gasteiger partial charge in [0.15, 0.2) is 0 Å². The molecule has 1 aliphatic carbocycles. The molecular formula is C27H37NO5. The smallest absolute Gasteiger partial charge is 0.336 e. The number of esters is 1. The molecule has 2 aliphatic rings. The van der Waals surface area contributed by atoms with Crippen molar-refractivity contribution in [2.24, 2.45) is 16.3 Å². The van der Waals surface area contributed by atoms with Crippen LogP contribution in [0, 0.1) is 11.3 Å². The Morgan fingerprint density at radius 2 is 1.85 bits per heavy atom. The summed E-state index contributed by atoms with van der Waals surface area (Å²) in [5.74, 6) is -0.570. The summed E-state index contributed by atoms with van der Waals surface area (Å²) in [6.45, 7) is 11.7. The first-order valence-corrected chi connectivity index (χ1v) is 12.1. The maximum absolute atomic E-state index is 13.5. The minimum absolute atomic E-state index is 0.116. The predicted octanol–water partition coefficient (Wildman–Crippen LogP) is 5.26. The number of nitrogens with zero attached hydrogens (tertiary/aromatic N) is 1. The van der Waals surface area contributed by atoms with Gasteiger partial charge in [0.25, 0.3) is 0 Å². The van der Waals surface area contributed by atoms with Crippen LogP contribution in [-0.4, -0.2) is 43.9 Å². The Morgan fingerprint density at radius 3 is 2.58 bits per heavy atom. The third-order valence-electron chi connectivity index (χ3n) is 6.26. The number of unbranched alkanes of at least 4 members (excludes halogenated alkanes) is 1. The highest BCUT2D eigenvalue weighted by Crippen LogP contribution is 2.48. The standard InChI is InChI=1S/C27H37NO5/c1-6-8-13-32-22-12-10-9-11-19(22)24-23(26(30)33-15-14-31-7-2)18(3)28-20-16-27(4,5)17-21(29)25(20)24/h9-12,24-25H,6-8,13-17H2,1-5H3/t24-,25?/m0/s1. The lowest BCUT2D eigenvalue weighted by molar-refractivity contribution is -0.141. The molecule has 1 saturated carbocycles. The molecule has 6 heteroatoms. The number of Topliss-reactive ketones (excluding diaryl/α,β-unsaturated/α-hetero) is 1. The molecule has 33 heavy (non-hydrogen) atoms. The van der Waals surface area contributed by atoms with Crippen molar-refractivity contribution >= 4 is 17.5 Å². The van der Waals surface area contributed by atoms with Crippen LogP contribution in [0.5, 0.6) is 5.75 Å². The van der Waals surface area contributed by atoms with Crippen LogP contribution >= 0.6 is 0 Å². The van der Waals surface area contributed by atoms with Crippen LogP contribution in [0.2, 0.25) is 0 Å². The van der Waals surface area contributed by atoms with Gasteiger partial charge in [-0.05, 0) is 38.2 Å². The maximum atomic E-state index is 13.5. The predicted molar refractivity (Wildman–Crippen MR) is 129 cm³/mol. The third-order valence-corrected chi connectivity index (χ3v) is 6.26. The molecule has 0 N–H and O–H groups in total. The van der Waals surface area contributed by atoms with E-state index in [1.54, 1.807) is 0 Å². The normalized spacial score (nSPS) is 22.0. The van der Waals surface area contributed by atoms with Crippen LogP contribution in [0.25, 0.3) is 0 Å². The molecule has 0 saturated heterocycles. The van der Waals surface area contributed by atoms with E-state index in [9.17, 15) is 9.59 Å². The molecule has 2 atom stereocenters. The molecule has 0 amide bonds. The second-order valence-electron chi connectivity index (χ2n) is 9.61. The fourth-order valence-corrected chi connectivity index (χ4v) is 4.81. The summed E-state index contributed by atoms with van der Waals surface area (Å²) in [6.07, 6.45) is 3.14. The number of hydrogen-bond donors (Lipinski definition) is 0. The molecule has 0 bridgehead atoms. The highest BCUT2D eigenvalue weighted by atomic mass is 16.6. The van der Waals surface area contributed by atoms with E-state index in [4.69, 9.17) is 19.2 Å². The zero-order valence-electron chi connectivity index (χ0n) is 20.6. The lowest BCUT2D eigenvalue weighted by atomic mass is 9.63. The fourth-order valence-electron chi connectivity index (χ4n) is 4.81. The molecule has 1 unspecified atom stereocenters. The van der Waals surface area contributed by atoms with E-state index in [2.05, 4.69) is 20.8 Å². The van der Waals surface area contributed by atoms with Gasteiger partial charge in [0.2, 0.25) is 0 Å².